The van der Waals surface area contributed by atoms with E-state index in [1.54, 1.807) is 24.3 Å². The van der Waals surface area contributed by atoms with Crippen LogP contribution in [0.3, 0.4) is 0 Å². The summed E-state index contributed by atoms with van der Waals surface area (Å²) in [6, 6.07) is 9.62. The first-order valence-corrected chi connectivity index (χ1v) is 6.18. The molecule has 0 amide bonds. The summed E-state index contributed by atoms with van der Waals surface area (Å²) < 4.78 is 4.90. The molecule has 20 heavy (non-hydrogen) atoms. The topological polar surface area (TPSA) is 80.7 Å². The molecule has 0 saturated heterocycles. The molecule has 0 saturated carbocycles. The molecule has 1 aromatic heterocycles. The summed E-state index contributed by atoms with van der Waals surface area (Å²) in [7, 11) is 0. The van der Waals surface area contributed by atoms with Gasteiger partial charge in [-0.1, -0.05) is 36.0 Å². The van der Waals surface area contributed by atoms with Gasteiger partial charge in [0.05, 0.1) is 12.3 Å². The number of furan rings is 1. The maximum atomic E-state index is 10.4. The monoisotopic (exact) mass is 309 g/mol. The highest BCUT2D eigenvalue weighted by molar-refractivity contribution is 7.80. The third kappa shape index (κ3) is 3.62. The fourth-order valence-corrected chi connectivity index (χ4v) is 1.64. The molecule has 8 heteroatoms. The smallest absolute Gasteiger partial charge is 0.400 e. The number of nitrogens with zero attached hydrogens (tertiary/aromatic N) is 2. The molecule has 0 spiro atoms. The number of nitro groups is 1. The number of hydrazone groups is 1. The van der Waals surface area contributed by atoms with Crippen molar-refractivity contribution in [3.8, 4) is 0 Å². The van der Waals surface area contributed by atoms with Gasteiger partial charge in [-0.05, 0) is 18.2 Å². The van der Waals surface area contributed by atoms with Gasteiger partial charge in [-0.25, -0.2) is 0 Å². The van der Waals surface area contributed by atoms with E-state index in [9.17, 15) is 10.1 Å². The van der Waals surface area contributed by atoms with Gasteiger partial charge in [0.15, 0.2) is 5.76 Å². The third-order valence-corrected chi connectivity index (χ3v) is 2.84. The normalized spacial score (nSPS) is 10.7. The van der Waals surface area contributed by atoms with Crippen LogP contribution in [0.2, 0.25) is 5.02 Å². The molecule has 6 nitrogen and oxygen atoms in total. The van der Waals surface area contributed by atoms with Gasteiger partial charge in [0.2, 0.25) is 0 Å². The summed E-state index contributed by atoms with van der Waals surface area (Å²) in [5.74, 6) is -0.0881. The molecule has 0 fully saturated rings. The highest BCUT2D eigenvalue weighted by Crippen LogP contribution is 2.13. The molecule has 0 aliphatic heterocycles. The Morgan fingerprint density at radius 1 is 1.35 bits per heavy atom. The molecule has 0 radical (unpaired) electrons. The number of hydrogen-bond acceptors (Lipinski definition) is 5. The predicted molar refractivity (Wildman–Crippen MR) is 79.2 cm³/mol. The van der Waals surface area contributed by atoms with Crippen LogP contribution in [0.4, 0.5) is 5.88 Å². The first-order valence-electron chi connectivity index (χ1n) is 5.39. The average molecular weight is 310 g/mol. The van der Waals surface area contributed by atoms with Crippen LogP contribution in [0.1, 0.15) is 11.3 Å². The van der Waals surface area contributed by atoms with Gasteiger partial charge < -0.3 is 4.42 Å². The van der Waals surface area contributed by atoms with Gasteiger partial charge in [-0.3, -0.25) is 15.5 Å². The van der Waals surface area contributed by atoms with Crippen molar-refractivity contribution in [3.63, 3.8) is 0 Å². The van der Waals surface area contributed by atoms with Crippen LogP contribution in [0.25, 0.3) is 0 Å². The highest BCUT2D eigenvalue weighted by Gasteiger charge is 2.10. The summed E-state index contributed by atoms with van der Waals surface area (Å²) in [5, 5.41) is 14.9. The minimum absolute atomic E-state index is 0.253. The summed E-state index contributed by atoms with van der Waals surface area (Å²) >= 11 is 10.9. The van der Waals surface area contributed by atoms with Crippen LogP contribution in [0.5, 0.6) is 0 Å². The molecular formula is C12H8ClN3O3S. The van der Waals surface area contributed by atoms with E-state index in [-0.39, 0.29) is 11.6 Å². The lowest BCUT2D eigenvalue weighted by molar-refractivity contribution is -0.402. The Hall–Kier alpha value is -2.25. The van der Waals surface area contributed by atoms with Gasteiger partial charge in [0.25, 0.3) is 0 Å². The molecule has 102 valence electrons. The summed E-state index contributed by atoms with van der Waals surface area (Å²) in [5.41, 5.74) is 3.39. The van der Waals surface area contributed by atoms with Crippen molar-refractivity contribution in [2.24, 2.45) is 5.10 Å². The van der Waals surface area contributed by atoms with Crippen LogP contribution in [-0.4, -0.2) is 16.1 Å². The average Bonchev–Trinajstić information content (AvgIpc) is 2.88. The molecule has 0 unspecified atom stereocenters. The van der Waals surface area contributed by atoms with Gasteiger partial charge in [-0.2, -0.15) is 5.10 Å². The molecule has 1 heterocycles. The maximum Gasteiger partial charge on any atom is 0.433 e. The molecule has 0 bridgehead atoms. The van der Waals surface area contributed by atoms with Crippen LogP contribution < -0.4 is 5.43 Å². The van der Waals surface area contributed by atoms with E-state index >= 15 is 0 Å². The Balaban J connectivity index is 1.97. The van der Waals surface area contributed by atoms with E-state index in [1.165, 1.54) is 18.3 Å². The number of halogens is 1. The minimum Gasteiger partial charge on any atom is -0.400 e. The minimum atomic E-state index is -0.622. The SMILES string of the molecule is O=[N+]([O-])c1ccc(/C=N\NC(=S)c2ccc(Cl)cc2)o1. The second-order valence-corrected chi connectivity index (χ2v) is 4.48. The van der Waals surface area contributed by atoms with Crippen molar-refractivity contribution in [2.75, 3.05) is 0 Å². The van der Waals surface area contributed by atoms with Crippen LogP contribution in [0.15, 0.2) is 45.9 Å². The summed E-state index contributed by atoms with van der Waals surface area (Å²) in [6.45, 7) is 0. The number of benzene rings is 1. The van der Waals surface area contributed by atoms with E-state index in [0.29, 0.717) is 10.0 Å². The summed E-state index contributed by atoms with van der Waals surface area (Å²) in [6.07, 6.45) is 1.30. The quantitative estimate of drug-likeness (QED) is 0.406. The second kappa shape index (κ2) is 6.27. The lowest BCUT2D eigenvalue weighted by Gasteiger charge is -2.02. The molecule has 1 aromatic carbocycles. The zero-order valence-electron chi connectivity index (χ0n) is 9.95. The lowest BCUT2D eigenvalue weighted by Crippen LogP contribution is -2.15. The van der Waals surface area contributed by atoms with Crippen molar-refractivity contribution >= 4 is 40.9 Å². The Kier molecular flexibility index (Phi) is 4.44. The number of nitrogens with one attached hydrogen (secondary N) is 1. The molecule has 0 atom stereocenters. The van der Waals surface area contributed by atoms with Crippen molar-refractivity contribution < 1.29 is 9.34 Å². The number of rotatable bonds is 4. The maximum absolute atomic E-state index is 10.4. The highest BCUT2D eigenvalue weighted by atomic mass is 35.5. The Morgan fingerprint density at radius 3 is 2.65 bits per heavy atom. The van der Waals surface area contributed by atoms with Crippen LogP contribution in [-0.2, 0) is 0 Å². The van der Waals surface area contributed by atoms with E-state index < -0.39 is 4.92 Å². The zero-order valence-corrected chi connectivity index (χ0v) is 11.5. The van der Waals surface area contributed by atoms with Crippen LogP contribution >= 0.6 is 23.8 Å². The van der Waals surface area contributed by atoms with E-state index in [4.69, 9.17) is 28.2 Å². The van der Waals surface area contributed by atoms with Crippen molar-refractivity contribution in [1.29, 1.82) is 0 Å². The van der Waals surface area contributed by atoms with E-state index in [2.05, 4.69) is 10.5 Å². The molecular weight excluding hydrogens is 302 g/mol. The zero-order chi connectivity index (χ0) is 14.5. The van der Waals surface area contributed by atoms with E-state index in [0.717, 1.165) is 5.56 Å². The van der Waals surface area contributed by atoms with E-state index in [1.807, 2.05) is 0 Å². The Labute approximate surface area is 124 Å². The third-order valence-electron chi connectivity index (χ3n) is 2.26. The fraction of sp³-hybridized carbons (Fsp3) is 0. The fourth-order valence-electron chi connectivity index (χ4n) is 1.33. The molecule has 1 N–H and O–H groups in total. The first kappa shape index (κ1) is 14.2. The molecule has 0 aliphatic rings. The van der Waals surface area contributed by atoms with Crippen molar-refractivity contribution in [2.45, 2.75) is 0 Å². The largest absolute Gasteiger partial charge is 0.433 e. The Morgan fingerprint density at radius 2 is 2.05 bits per heavy atom. The standard InChI is InChI=1S/C12H8ClN3O3S/c13-9-3-1-8(2-4-9)12(20)15-14-7-10-5-6-11(19-10)16(17)18/h1-7H,(H,15,20)/b14-7-. The van der Waals surface area contributed by atoms with Crippen molar-refractivity contribution in [1.82, 2.24) is 5.43 Å². The van der Waals surface area contributed by atoms with Gasteiger partial charge in [0.1, 0.15) is 9.91 Å². The van der Waals surface area contributed by atoms with Gasteiger partial charge >= 0.3 is 5.88 Å². The van der Waals surface area contributed by atoms with Crippen LogP contribution in [0, 0.1) is 10.1 Å². The second-order valence-electron chi connectivity index (χ2n) is 3.64. The molecule has 2 aromatic rings. The first-order chi connectivity index (χ1) is 9.56. The predicted octanol–water partition coefficient (Wildman–Crippen LogP) is 3.14. The lowest BCUT2D eigenvalue weighted by atomic mass is 10.2. The number of thiocarbonyl (C=S) groups is 1. The van der Waals surface area contributed by atoms with Crippen molar-refractivity contribution in [3.05, 3.63) is 62.9 Å². The van der Waals surface area contributed by atoms with Gasteiger partial charge in [0, 0.05) is 10.6 Å². The van der Waals surface area contributed by atoms with Gasteiger partial charge in [-0.15, -0.1) is 0 Å². The molecule has 0 aliphatic carbocycles. The Bertz CT molecular complexity index is 667. The molecule has 2 rings (SSSR count). The number of hydrogen-bond donors (Lipinski definition) is 1. The summed E-state index contributed by atoms with van der Waals surface area (Å²) in [4.78, 5) is 10.2.